The van der Waals surface area contributed by atoms with Crippen LogP contribution in [-0.4, -0.2) is 8.42 Å². The molecule has 0 aliphatic heterocycles. The molecule has 0 amide bonds. The molecule has 0 unspecified atom stereocenters. The van der Waals surface area contributed by atoms with E-state index in [4.69, 9.17) is 4.42 Å². The monoisotopic (exact) mass is 447 g/mol. The fourth-order valence-corrected chi connectivity index (χ4v) is 6.30. The maximum atomic E-state index is 13.3. The van der Waals surface area contributed by atoms with Crippen LogP contribution in [0.25, 0.3) is 21.7 Å². The largest absolute Gasteiger partial charge is 0.460 e. The molecular weight excluding hydrogens is 418 g/mol. The fourth-order valence-electron chi connectivity index (χ4n) is 4.98. The Kier molecular flexibility index (Phi) is 4.86. The Balaban J connectivity index is 1.69. The molecule has 32 heavy (non-hydrogen) atoms. The van der Waals surface area contributed by atoms with Crippen LogP contribution in [0.3, 0.4) is 0 Å². The number of sulfonamides is 1. The summed E-state index contributed by atoms with van der Waals surface area (Å²) in [6.45, 7) is 8.70. The van der Waals surface area contributed by atoms with Crippen molar-refractivity contribution in [3.8, 4) is 0 Å². The van der Waals surface area contributed by atoms with E-state index < -0.39 is 10.0 Å². The summed E-state index contributed by atoms with van der Waals surface area (Å²) in [5.74, 6) is 1.61. The predicted octanol–water partition coefficient (Wildman–Crippen LogP) is 6.85. The zero-order chi connectivity index (χ0) is 22.7. The lowest BCUT2D eigenvalue weighted by atomic mass is 9.71. The summed E-state index contributed by atoms with van der Waals surface area (Å²) in [6, 6.07) is 16.9. The van der Waals surface area contributed by atoms with Crippen LogP contribution >= 0.6 is 0 Å². The Morgan fingerprint density at radius 2 is 1.66 bits per heavy atom. The first-order valence-corrected chi connectivity index (χ1v) is 12.7. The Morgan fingerprint density at radius 3 is 2.38 bits per heavy atom. The van der Waals surface area contributed by atoms with E-state index in [9.17, 15) is 8.42 Å². The zero-order valence-electron chi connectivity index (χ0n) is 19.0. The number of hydrogen-bond donors (Lipinski definition) is 1. The standard InChI is InChI=1S/C27H29NO3S/c1-17-9-5-8-12-25(17)32(29,30)28-23-16-22-21-15-18(27(2,3)4)13-14-24(21)31-26(22)20-11-7-6-10-19(20)23/h5-12,16,18,28H,13-15H2,1-4H3/t18-/m1/s1. The van der Waals surface area contributed by atoms with Crippen molar-refractivity contribution in [2.24, 2.45) is 11.3 Å². The van der Waals surface area contributed by atoms with Crippen molar-refractivity contribution in [2.75, 3.05) is 4.72 Å². The molecule has 0 radical (unpaired) electrons. The van der Waals surface area contributed by atoms with Crippen molar-refractivity contribution in [3.05, 3.63) is 71.5 Å². The SMILES string of the molecule is Cc1ccccc1S(=O)(=O)Nc1cc2c3c(oc2c2ccccc12)CC[C@@H](C(C)(C)C)C3. The van der Waals surface area contributed by atoms with Crippen LogP contribution in [-0.2, 0) is 22.9 Å². The number of benzene rings is 3. The van der Waals surface area contributed by atoms with Crippen LogP contribution in [0.2, 0.25) is 0 Å². The Labute approximate surface area is 189 Å². The quantitative estimate of drug-likeness (QED) is 0.374. The van der Waals surface area contributed by atoms with Crippen molar-refractivity contribution >= 4 is 37.5 Å². The van der Waals surface area contributed by atoms with Crippen molar-refractivity contribution in [1.82, 2.24) is 0 Å². The van der Waals surface area contributed by atoms with E-state index in [2.05, 4.69) is 25.5 Å². The van der Waals surface area contributed by atoms with E-state index in [0.717, 1.165) is 52.3 Å². The Morgan fingerprint density at radius 1 is 0.969 bits per heavy atom. The number of nitrogens with one attached hydrogen (secondary N) is 1. The van der Waals surface area contributed by atoms with Crippen molar-refractivity contribution in [1.29, 1.82) is 0 Å². The van der Waals surface area contributed by atoms with Gasteiger partial charge in [0.1, 0.15) is 11.3 Å². The summed E-state index contributed by atoms with van der Waals surface area (Å²) in [6.07, 6.45) is 2.99. The number of anilines is 1. The van der Waals surface area contributed by atoms with Gasteiger partial charge in [-0.2, -0.15) is 0 Å². The van der Waals surface area contributed by atoms with E-state index in [1.165, 1.54) is 5.56 Å². The number of rotatable bonds is 3. The van der Waals surface area contributed by atoms with Crippen LogP contribution in [0.1, 0.15) is 44.1 Å². The van der Waals surface area contributed by atoms with Gasteiger partial charge in [-0.15, -0.1) is 0 Å². The van der Waals surface area contributed by atoms with Gasteiger partial charge in [-0.3, -0.25) is 4.72 Å². The number of fused-ring (bicyclic) bond motifs is 5. The van der Waals surface area contributed by atoms with E-state index in [0.29, 0.717) is 16.5 Å². The second-order valence-corrected chi connectivity index (χ2v) is 11.7. The van der Waals surface area contributed by atoms with Crippen molar-refractivity contribution < 1.29 is 12.8 Å². The number of hydrogen-bond acceptors (Lipinski definition) is 3. The summed E-state index contributed by atoms with van der Waals surface area (Å²) in [5.41, 5.74) is 3.62. The van der Waals surface area contributed by atoms with E-state index in [1.807, 2.05) is 49.4 Å². The van der Waals surface area contributed by atoms with E-state index in [-0.39, 0.29) is 5.41 Å². The van der Waals surface area contributed by atoms with E-state index >= 15 is 0 Å². The molecule has 5 heteroatoms. The van der Waals surface area contributed by atoms with Crippen molar-refractivity contribution in [3.63, 3.8) is 0 Å². The lowest BCUT2D eigenvalue weighted by Crippen LogP contribution is -2.26. The highest BCUT2D eigenvalue weighted by Gasteiger charge is 2.32. The zero-order valence-corrected chi connectivity index (χ0v) is 19.8. The molecule has 1 aliphatic carbocycles. The first kappa shape index (κ1) is 21.1. The highest BCUT2D eigenvalue weighted by Crippen LogP contribution is 2.44. The summed E-state index contributed by atoms with van der Waals surface area (Å²) >= 11 is 0. The van der Waals surface area contributed by atoms with Gasteiger partial charge in [-0.05, 0) is 48.8 Å². The van der Waals surface area contributed by atoms with Gasteiger partial charge < -0.3 is 4.42 Å². The molecule has 0 bridgehead atoms. The van der Waals surface area contributed by atoms with Gasteiger partial charge in [-0.25, -0.2) is 8.42 Å². The average molecular weight is 448 g/mol. The third kappa shape index (κ3) is 3.49. The summed E-state index contributed by atoms with van der Waals surface area (Å²) in [7, 11) is -3.72. The van der Waals surface area contributed by atoms with Crippen LogP contribution < -0.4 is 4.72 Å². The molecule has 0 spiro atoms. The highest BCUT2D eigenvalue weighted by atomic mass is 32.2. The molecule has 4 nitrogen and oxygen atoms in total. The number of aryl methyl sites for hydroxylation is 2. The van der Waals surface area contributed by atoms with Gasteiger partial charge >= 0.3 is 0 Å². The molecule has 1 N–H and O–H groups in total. The third-order valence-corrected chi connectivity index (χ3v) is 8.43. The summed E-state index contributed by atoms with van der Waals surface area (Å²) < 4.78 is 35.8. The molecule has 4 aromatic rings. The predicted molar refractivity (Wildman–Crippen MR) is 131 cm³/mol. The minimum atomic E-state index is -3.72. The first-order chi connectivity index (χ1) is 15.1. The maximum Gasteiger partial charge on any atom is 0.262 e. The van der Waals surface area contributed by atoms with E-state index in [1.54, 1.807) is 12.1 Å². The third-order valence-electron chi connectivity index (χ3n) is 6.90. The van der Waals surface area contributed by atoms with Gasteiger partial charge in [0.2, 0.25) is 0 Å². The lowest BCUT2D eigenvalue weighted by molar-refractivity contribution is 0.210. The molecule has 166 valence electrons. The normalized spacial score (nSPS) is 16.9. The van der Waals surface area contributed by atoms with Gasteiger partial charge in [0.15, 0.2) is 0 Å². The molecule has 5 rings (SSSR count). The van der Waals surface area contributed by atoms with Gasteiger partial charge in [0.05, 0.1) is 10.6 Å². The summed E-state index contributed by atoms with van der Waals surface area (Å²) in [5, 5.41) is 2.81. The van der Waals surface area contributed by atoms with Crippen LogP contribution in [0.5, 0.6) is 0 Å². The van der Waals surface area contributed by atoms with Gasteiger partial charge in [0.25, 0.3) is 10.0 Å². The molecule has 0 fully saturated rings. The Bertz CT molecular complexity index is 1440. The topological polar surface area (TPSA) is 59.3 Å². The second-order valence-electron chi connectivity index (χ2n) is 10.0. The smallest absolute Gasteiger partial charge is 0.262 e. The minimum absolute atomic E-state index is 0.216. The minimum Gasteiger partial charge on any atom is -0.460 e. The first-order valence-electron chi connectivity index (χ1n) is 11.2. The van der Waals surface area contributed by atoms with Crippen molar-refractivity contribution in [2.45, 2.75) is 51.9 Å². The van der Waals surface area contributed by atoms with Crippen LogP contribution in [0.4, 0.5) is 5.69 Å². The van der Waals surface area contributed by atoms with Gasteiger partial charge in [-0.1, -0.05) is 63.2 Å². The number of furan rings is 1. The van der Waals surface area contributed by atoms with Crippen LogP contribution in [0, 0.1) is 18.3 Å². The fraction of sp³-hybridized carbons (Fsp3) is 0.333. The second kappa shape index (κ2) is 7.38. The molecule has 0 saturated heterocycles. The van der Waals surface area contributed by atoms with Crippen LogP contribution in [0.15, 0.2) is 63.9 Å². The molecule has 1 aliphatic rings. The average Bonchev–Trinajstić information content (AvgIpc) is 3.11. The van der Waals surface area contributed by atoms with Gasteiger partial charge in [0, 0.05) is 28.1 Å². The molecular formula is C27H29NO3S. The Hall–Kier alpha value is -2.79. The summed E-state index contributed by atoms with van der Waals surface area (Å²) in [4.78, 5) is 0.297. The molecule has 3 aromatic carbocycles. The molecule has 1 aromatic heterocycles. The molecule has 1 heterocycles. The lowest BCUT2D eigenvalue weighted by Gasteiger charge is -2.33. The maximum absolute atomic E-state index is 13.3. The highest BCUT2D eigenvalue weighted by molar-refractivity contribution is 7.92. The molecule has 0 saturated carbocycles. The molecule has 1 atom stereocenters.